The molecule has 43 heavy (non-hydrogen) atoms. The highest BCUT2D eigenvalue weighted by Crippen LogP contribution is 2.32. The summed E-state index contributed by atoms with van der Waals surface area (Å²) in [5.74, 6) is 0.709. The number of hydrogen-bond acceptors (Lipinski definition) is 7. The van der Waals surface area contributed by atoms with Crippen LogP contribution in [0.25, 0.3) is 33.3 Å². The average Bonchev–Trinajstić information content (AvgIpc) is 3.41. The minimum Gasteiger partial charge on any atom is -0.493 e. The molecule has 1 fully saturated rings. The van der Waals surface area contributed by atoms with E-state index in [0.29, 0.717) is 67.1 Å². The molecule has 0 bridgehead atoms. The van der Waals surface area contributed by atoms with E-state index in [1.807, 2.05) is 47.9 Å². The van der Waals surface area contributed by atoms with Crippen molar-refractivity contribution in [1.82, 2.24) is 28.7 Å². The molecule has 0 aliphatic carbocycles. The van der Waals surface area contributed by atoms with Crippen molar-refractivity contribution < 1.29 is 13.2 Å². The van der Waals surface area contributed by atoms with Gasteiger partial charge < -0.3 is 19.2 Å². The molecule has 10 nitrogen and oxygen atoms in total. The fraction of sp³-hybridized carbons (Fsp3) is 0.344. The van der Waals surface area contributed by atoms with Gasteiger partial charge in [-0.1, -0.05) is 44.2 Å². The van der Waals surface area contributed by atoms with Crippen LogP contribution in [-0.2, 0) is 16.6 Å². The Bertz CT molecular complexity index is 1910. The van der Waals surface area contributed by atoms with Crippen LogP contribution in [0.15, 0.2) is 76.7 Å². The summed E-state index contributed by atoms with van der Waals surface area (Å²) in [7, 11) is -3.75. The standard InChI is InChI=1S/C32H36N6O4S/c1-3-12-36-13-15-38(16-14-36)43(40,41)24-10-11-30(42-17-4-2)26(18-24)31-34-27-20-28-29(19-25(27)32(39)35-31)37(22-33-28)21-23-8-6-5-7-9-23/h5-11,18-20,22H,3-4,12-17,21H2,1-2H3,(H,34,35,39). The highest BCUT2D eigenvalue weighted by molar-refractivity contribution is 7.89. The number of sulfonamides is 1. The number of rotatable bonds is 10. The van der Waals surface area contributed by atoms with Gasteiger partial charge in [0.15, 0.2) is 0 Å². The van der Waals surface area contributed by atoms with Gasteiger partial charge in [0.25, 0.3) is 5.56 Å². The fourth-order valence-corrected chi connectivity index (χ4v) is 7.02. The van der Waals surface area contributed by atoms with Crippen molar-refractivity contribution in [2.45, 2.75) is 38.1 Å². The van der Waals surface area contributed by atoms with Crippen molar-refractivity contribution in [2.75, 3.05) is 39.3 Å². The number of aromatic amines is 1. The number of imidazole rings is 1. The minimum absolute atomic E-state index is 0.146. The summed E-state index contributed by atoms with van der Waals surface area (Å²) < 4.78 is 36.9. The van der Waals surface area contributed by atoms with Crippen LogP contribution in [0.1, 0.15) is 32.3 Å². The Morgan fingerprint density at radius 2 is 1.72 bits per heavy atom. The third-order valence-corrected chi connectivity index (χ3v) is 9.71. The second-order valence-electron chi connectivity index (χ2n) is 10.9. The summed E-state index contributed by atoms with van der Waals surface area (Å²) in [6, 6.07) is 18.5. The van der Waals surface area contributed by atoms with Crippen LogP contribution < -0.4 is 10.3 Å². The number of nitrogens with one attached hydrogen (secondary N) is 1. The van der Waals surface area contributed by atoms with Crippen LogP contribution in [0, 0.1) is 0 Å². The molecule has 3 aromatic carbocycles. The highest BCUT2D eigenvalue weighted by atomic mass is 32.2. The van der Waals surface area contributed by atoms with Gasteiger partial charge in [0.2, 0.25) is 10.0 Å². The quantitative estimate of drug-likeness (QED) is 0.251. The summed E-state index contributed by atoms with van der Waals surface area (Å²) in [5, 5.41) is 0.427. The lowest BCUT2D eigenvalue weighted by molar-refractivity contribution is 0.188. The molecule has 1 saturated heterocycles. The molecule has 0 saturated carbocycles. The topological polar surface area (TPSA) is 113 Å². The Morgan fingerprint density at radius 1 is 0.930 bits per heavy atom. The van der Waals surface area contributed by atoms with E-state index in [0.717, 1.165) is 30.5 Å². The maximum atomic E-state index is 13.7. The molecule has 3 heterocycles. The molecule has 0 atom stereocenters. The molecule has 0 spiro atoms. The molecule has 6 rings (SSSR count). The van der Waals surface area contributed by atoms with Gasteiger partial charge >= 0.3 is 0 Å². The van der Waals surface area contributed by atoms with E-state index in [1.54, 1.807) is 30.6 Å². The van der Waals surface area contributed by atoms with E-state index in [-0.39, 0.29) is 16.3 Å². The van der Waals surface area contributed by atoms with Crippen molar-refractivity contribution in [3.05, 3.63) is 82.9 Å². The third-order valence-electron chi connectivity index (χ3n) is 7.82. The van der Waals surface area contributed by atoms with Gasteiger partial charge in [0.05, 0.1) is 45.3 Å². The molecule has 0 unspecified atom stereocenters. The molecule has 1 aliphatic heterocycles. The van der Waals surface area contributed by atoms with Crippen molar-refractivity contribution in [2.24, 2.45) is 0 Å². The van der Waals surface area contributed by atoms with Crippen LogP contribution >= 0.6 is 0 Å². The predicted octanol–water partition coefficient (Wildman–Crippen LogP) is 4.49. The fourth-order valence-electron chi connectivity index (χ4n) is 5.58. The number of ether oxygens (including phenoxy) is 1. The number of aromatic nitrogens is 4. The summed E-state index contributed by atoms with van der Waals surface area (Å²) in [6.07, 6.45) is 3.57. The summed E-state index contributed by atoms with van der Waals surface area (Å²) >= 11 is 0. The molecule has 2 aromatic heterocycles. The van der Waals surface area contributed by atoms with Crippen LogP contribution in [0.4, 0.5) is 0 Å². The number of hydrogen-bond donors (Lipinski definition) is 1. The number of nitrogens with zero attached hydrogens (tertiary/aromatic N) is 5. The second kappa shape index (κ2) is 12.3. The number of H-pyrrole nitrogens is 1. The van der Waals surface area contributed by atoms with Crippen molar-refractivity contribution in [1.29, 1.82) is 0 Å². The lowest BCUT2D eigenvalue weighted by atomic mass is 10.1. The first-order chi connectivity index (χ1) is 20.9. The van der Waals surface area contributed by atoms with E-state index in [1.165, 1.54) is 4.31 Å². The molecule has 5 aromatic rings. The molecular formula is C32H36N6O4S. The van der Waals surface area contributed by atoms with E-state index in [4.69, 9.17) is 9.72 Å². The Balaban J connectivity index is 1.38. The highest BCUT2D eigenvalue weighted by Gasteiger charge is 2.29. The molecule has 224 valence electrons. The average molecular weight is 601 g/mol. The number of piperazine rings is 1. The van der Waals surface area contributed by atoms with Gasteiger partial charge in [-0.25, -0.2) is 18.4 Å². The van der Waals surface area contributed by atoms with Crippen molar-refractivity contribution >= 4 is 32.0 Å². The van der Waals surface area contributed by atoms with Crippen LogP contribution in [0.2, 0.25) is 0 Å². The van der Waals surface area contributed by atoms with Gasteiger partial charge in [0.1, 0.15) is 11.6 Å². The SMILES string of the molecule is CCCOc1ccc(S(=O)(=O)N2CCN(CCC)CC2)cc1-c1nc2cc3ncn(Cc4ccccc4)c3cc2c(=O)[nH]1. The maximum absolute atomic E-state index is 13.7. The Morgan fingerprint density at radius 3 is 2.47 bits per heavy atom. The van der Waals surface area contributed by atoms with E-state index in [2.05, 4.69) is 21.8 Å². The zero-order chi connectivity index (χ0) is 30.0. The smallest absolute Gasteiger partial charge is 0.259 e. The first kappa shape index (κ1) is 29.0. The number of benzene rings is 3. The van der Waals surface area contributed by atoms with Gasteiger partial charge in [0, 0.05) is 32.7 Å². The monoisotopic (exact) mass is 600 g/mol. The predicted molar refractivity (Wildman–Crippen MR) is 168 cm³/mol. The van der Waals surface area contributed by atoms with E-state index < -0.39 is 10.0 Å². The van der Waals surface area contributed by atoms with Gasteiger partial charge in [-0.15, -0.1) is 0 Å². The van der Waals surface area contributed by atoms with Gasteiger partial charge in [-0.2, -0.15) is 4.31 Å². The summed E-state index contributed by atoms with van der Waals surface area (Å²) in [5.41, 5.74) is 3.24. The molecule has 11 heteroatoms. The lowest BCUT2D eigenvalue weighted by Crippen LogP contribution is -2.48. The normalized spacial score (nSPS) is 14.9. The first-order valence-electron chi connectivity index (χ1n) is 14.8. The first-order valence-corrected chi connectivity index (χ1v) is 16.2. The Labute approximate surface area is 251 Å². The second-order valence-corrected chi connectivity index (χ2v) is 12.8. The Kier molecular flexibility index (Phi) is 8.29. The third kappa shape index (κ3) is 5.93. The molecular weight excluding hydrogens is 564 g/mol. The lowest BCUT2D eigenvalue weighted by Gasteiger charge is -2.33. The minimum atomic E-state index is -3.75. The van der Waals surface area contributed by atoms with Gasteiger partial charge in [-0.3, -0.25) is 4.79 Å². The van der Waals surface area contributed by atoms with Crippen molar-refractivity contribution in [3.63, 3.8) is 0 Å². The molecule has 0 radical (unpaired) electrons. The molecule has 1 N–H and O–H groups in total. The van der Waals surface area contributed by atoms with Crippen molar-refractivity contribution in [3.8, 4) is 17.1 Å². The molecule has 0 amide bonds. The van der Waals surface area contributed by atoms with Crippen LogP contribution in [0.5, 0.6) is 5.75 Å². The molecule has 1 aliphatic rings. The van der Waals surface area contributed by atoms with E-state index >= 15 is 0 Å². The summed E-state index contributed by atoms with van der Waals surface area (Å²) in [4.78, 5) is 28.1. The van der Waals surface area contributed by atoms with Gasteiger partial charge in [-0.05, 0) is 55.3 Å². The Hall–Kier alpha value is -4.06. The van der Waals surface area contributed by atoms with Crippen LogP contribution in [-0.4, -0.2) is 76.5 Å². The zero-order valence-corrected chi connectivity index (χ0v) is 25.3. The maximum Gasteiger partial charge on any atom is 0.259 e. The summed E-state index contributed by atoms with van der Waals surface area (Å²) in [6.45, 7) is 8.41. The van der Waals surface area contributed by atoms with Crippen LogP contribution in [0.3, 0.4) is 0 Å². The zero-order valence-electron chi connectivity index (χ0n) is 24.5. The largest absolute Gasteiger partial charge is 0.493 e. The van der Waals surface area contributed by atoms with E-state index in [9.17, 15) is 13.2 Å². The number of fused-ring (bicyclic) bond motifs is 2.